The number of nitrogens with zero attached hydrogens (tertiary/aromatic N) is 1. The second-order valence-electron chi connectivity index (χ2n) is 7.38. The predicted octanol–water partition coefficient (Wildman–Crippen LogP) is 2.54. The van der Waals surface area contributed by atoms with Gasteiger partial charge in [0.05, 0.1) is 0 Å². The van der Waals surface area contributed by atoms with E-state index in [1.165, 1.54) is 6.42 Å². The summed E-state index contributed by atoms with van der Waals surface area (Å²) < 4.78 is 0. The molecule has 2 fully saturated rings. The van der Waals surface area contributed by atoms with Crippen molar-refractivity contribution in [3.63, 3.8) is 0 Å². The number of urea groups is 1. The maximum atomic E-state index is 13.0. The van der Waals surface area contributed by atoms with Gasteiger partial charge >= 0.3 is 6.03 Å². The van der Waals surface area contributed by atoms with E-state index in [-0.39, 0.29) is 24.4 Å². The molecule has 6 nitrogen and oxygen atoms in total. The molecule has 1 saturated heterocycles. The van der Waals surface area contributed by atoms with Crippen molar-refractivity contribution in [2.24, 2.45) is 5.92 Å². The lowest BCUT2D eigenvalue weighted by atomic mass is 9.86. The number of carbonyl (C=O) groups is 3. The van der Waals surface area contributed by atoms with Crippen molar-refractivity contribution in [3.05, 3.63) is 35.9 Å². The number of hydrogen-bond acceptors (Lipinski definition) is 3. The van der Waals surface area contributed by atoms with Gasteiger partial charge in [0.2, 0.25) is 5.91 Å². The molecule has 1 aliphatic heterocycles. The van der Waals surface area contributed by atoms with Crippen LogP contribution in [0.2, 0.25) is 0 Å². The van der Waals surface area contributed by atoms with E-state index in [4.69, 9.17) is 0 Å². The van der Waals surface area contributed by atoms with E-state index >= 15 is 0 Å². The van der Waals surface area contributed by atoms with E-state index < -0.39 is 11.6 Å². The van der Waals surface area contributed by atoms with E-state index in [2.05, 4.69) is 17.6 Å². The van der Waals surface area contributed by atoms with Crippen LogP contribution in [0.25, 0.3) is 0 Å². The molecule has 6 heteroatoms. The van der Waals surface area contributed by atoms with Gasteiger partial charge in [0, 0.05) is 6.04 Å². The zero-order valence-corrected chi connectivity index (χ0v) is 15.5. The fourth-order valence-electron chi connectivity index (χ4n) is 4.06. The third-order valence-corrected chi connectivity index (χ3v) is 5.73. The Morgan fingerprint density at radius 2 is 1.92 bits per heavy atom. The van der Waals surface area contributed by atoms with Crippen LogP contribution in [-0.2, 0) is 15.1 Å². The molecule has 26 heavy (non-hydrogen) atoms. The Balaban J connectivity index is 1.71. The molecule has 4 amide bonds. The lowest BCUT2D eigenvalue weighted by molar-refractivity contribution is -0.135. The Kier molecular flexibility index (Phi) is 5.30. The highest BCUT2D eigenvalue weighted by Gasteiger charge is 2.51. The third-order valence-electron chi connectivity index (χ3n) is 5.73. The first kappa shape index (κ1) is 18.4. The van der Waals surface area contributed by atoms with Crippen molar-refractivity contribution in [3.8, 4) is 0 Å². The van der Waals surface area contributed by atoms with E-state index in [1.54, 1.807) is 0 Å². The third kappa shape index (κ3) is 3.32. The van der Waals surface area contributed by atoms with Crippen LogP contribution >= 0.6 is 0 Å². The van der Waals surface area contributed by atoms with Gasteiger partial charge in [-0.05, 0) is 30.7 Å². The van der Waals surface area contributed by atoms with Crippen molar-refractivity contribution in [2.45, 2.75) is 57.5 Å². The number of rotatable bonds is 5. The van der Waals surface area contributed by atoms with Gasteiger partial charge in [-0.2, -0.15) is 0 Å². The summed E-state index contributed by atoms with van der Waals surface area (Å²) in [6, 6.07) is 8.82. The van der Waals surface area contributed by atoms with Crippen LogP contribution in [-0.4, -0.2) is 35.3 Å². The van der Waals surface area contributed by atoms with Gasteiger partial charge in [-0.1, -0.05) is 57.0 Å². The molecule has 2 N–H and O–H groups in total. The van der Waals surface area contributed by atoms with Crippen LogP contribution in [0.15, 0.2) is 30.3 Å². The number of imide groups is 1. The number of benzene rings is 1. The van der Waals surface area contributed by atoms with Gasteiger partial charge < -0.3 is 10.6 Å². The smallest absolute Gasteiger partial charge is 0.325 e. The topological polar surface area (TPSA) is 78.5 Å². The standard InChI is InChI=1S/C20H27N3O3/c1-3-20(15-10-5-4-6-11-15)18(25)23(19(26)22-20)13-17(24)21-16-12-8-7-9-14(16)2/h4-6,10-11,14,16H,3,7-9,12-13H2,1-2H3,(H,21,24)(H,22,26)/t14-,16+,20-/m0/s1. The summed E-state index contributed by atoms with van der Waals surface area (Å²) in [5.74, 6) is -0.204. The summed E-state index contributed by atoms with van der Waals surface area (Å²) in [5.41, 5.74) is -0.346. The predicted molar refractivity (Wildman–Crippen MR) is 98.2 cm³/mol. The van der Waals surface area contributed by atoms with E-state index in [9.17, 15) is 14.4 Å². The number of carbonyl (C=O) groups excluding carboxylic acids is 3. The van der Waals surface area contributed by atoms with E-state index in [0.717, 1.165) is 29.7 Å². The van der Waals surface area contributed by atoms with Gasteiger partial charge in [-0.25, -0.2) is 4.79 Å². The summed E-state index contributed by atoms with van der Waals surface area (Å²) >= 11 is 0. The van der Waals surface area contributed by atoms with E-state index in [0.29, 0.717) is 12.3 Å². The Morgan fingerprint density at radius 1 is 1.23 bits per heavy atom. The summed E-state index contributed by atoms with van der Waals surface area (Å²) in [6.07, 6.45) is 4.78. The second kappa shape index (κ2) is 7.48. The van der Waals surface area contributed by atoms with Crippen molar-refractivity contribution in [1.29, 1.82) is 0 Å². The maximum Gasteiger partial charge on any atom is 0.325 e. The van der Waals surface area contributed by atoms with Crippen LogP contribution in [0, 0.1) is 5.92 Å². The average Bonchev–Trinajstić information content (AvgIpc) is 2.89. The van der Waals surface area contributed by atoms with Crippen LogP contribution in [0.3, 0.4) is 0 Å². The zero-order chi connectivity index (χ0) is 18.7. The van der Waals surface area contributed by atoms with Gasteiger partial charge in [-0.15, -0.1) is 0 Å². The summed E-state index contributed by atoms with van der Waals surface area (Å²) in [5, 5.41) is 5.82. The van der Waals surface area contributed by atoms with Crippen molar-refractivity contribution in [1.82, 2.24) is 15.5 Å². The van der Waals surface area contributed by atoms with Crippen molar-refractivity contribution < 1.29 is 14.4 Å². The number of amides is 4. The molecular formula is C20H27N3O3. The highest BCUT2D eigenvalue weighted by Crippen LogP contribution is 2.32. The van der Waals surface area contributed by atoms with Crippen LogP contribution < -0.4 is 10.6 Å². The molecule has 0 spiro atoms. The Bertz CT molecular complexity index is 691. The average molecular weight is 357 g/mol. The zero-order valence-electron chi connectivity index (χ0n) is 15.5. The number of nitrogens with one attached hydrogen (secondary N) is 2. The highest BCUT2D eigenvalue weighted by molar-refractivity contribution is 6.09. The molecule has 140 valence electrons. The monoisotopic (exact) mass is 357 g/mol. The molecule has 1 aromatic carbocycles. The first-order valence-corrected chi connectivity index (χ1v) is 9.47. The molecule has 0 aromatic heterocycles. The normalized spacial score (nSPS) is 28.8. The highest BCUT2D eigenvalue weighted by atomic mass is 16.2. The number of hydrogen-bond donors (Lipinski definition) is 2. The molecule has 2 aliphatic rings. The van der Waals surface area contributed by atoms with Gasteiger partial charge in [-0.3, -0.25) is 14.5 Å². The van der Waals surface area contributed by atoms with Gasteiger partial charge in [0.1, 0.15) is 12.1 Å². The molecule has 1 aliphatic carbocycles. The first-order valence-electron chi connectivity index (χ1n) is 9.47. The molecule has 0 radical (unpaired) electrons. The molecule has 3 atom stereocenters. The lowest BCUT2D eigenvalue weighted by Crippen LogP contribution is -2.48. The lowest BCUT2D eigenvalue weighted by Gasteiger charge is -2.30. The second-order valence-corrected chi connectivity index (χ2v) is 7.38. The molecule has 0 unspecified atom stereocenters. The largest absolute Gasteiger partial charge is 0.352 e. The minimum absolute atomic E-state index is 0.127. The Morgan fingerprint density at radius 3 is 2.58 bits per heavy atom. The SMILES string of the molecule is CC[C@@]1(c2ccccc2)NC(=O)N(CC(=O)N[C@@H]2CCCC[C@@H]2C)C1=O. The minimum atomic E-state index is -1.09. The van der Waals surface area contributed by atoms with Crippen molar-refractivity contribution in [2.75, 3.05) is 6.54 Å². The molecule has 0 bridgehead atoms. The van der Waals surface area contributed by atoms with Gasteiger partial charge in [0.15, 0.2) is 0 Å². The molecule has 1 heterocycles. The first-order chi connectivity index (χ1) is 12.5. The Labute approximate surface area is 154 Å². The van der Waals surface area contributed by atoms with E-state index in [1.807, 2.05) is 37.3 Å². The summed E-state index contributed by atoms with van der Waals surface area (Å²) in [7, 11) is 0. The molecule has 1 saturated carbocycles. The fraction of sp³-hybridized carbons (Fsp3) is 0.550. The van der Waals surface area contributed by atoms with Crippen molar-refractivity contribution >= 4 is 17.8 Å². The maximum absolute atomic E-state index is 13.0. The quantitative estimate of drug-likeness (QED) is 0.795. The minimum Gasteiger partial charge on any atom is -0.352 e. The summed E-state index contributed by atoms with van der Waals surface area (Å²) in [4.78, 5) is 39.0. The Hall–Kier alpha value is -2.37. The molecule has 3 rings (SSSR count). The van der Waals surface area contributed by atoms with Crippen LogP contribution in [0.4, 0.5) is 4.79 Å². The van der Waals surface area contributed by atoms with Crippen LogP contribution in [0.5, 0.6) is 0 Å². The summed E-state index contributed by atoms with van der Waals surface area (Å²) in [6.45, 7) is 3.76. The van der Waals surface area contributed by atoms with Crippen LogP contribution in [0.1, 0.15) is 51.5 Å². The van der Waals surface area contributed by atoms with Gasteiger partial charge in [0.25, 0.3) is 5.91 Å². The molecule has 1 aromatic rings. The molecular weight excluding hydrogens is 330 g/mol. The fourth-order valence-corrected chi connectivity index (χ4v) is 4.06.